The number of pyridine rings is 1. The van der Waals surface area contributed by atoms with E-state index in [1.165, 1.54) is 0 Å². The molecule has 2 N–H and O–H groups in total. The zero-order valence-corrected chi connectivity index (χ0v) is 15.9. The summed E-state index contributed by atoms with van der Waals surface area (Å²) in [7, 11) is 0. The second-order valence-corrected chi connectivity index (χ2v) is 6.72. The Morgan fingerprint density at radius 3 is 2.54 bits per heavy atom. The van der Waals surface area contributed by atoms with Crippen LogP contribution >= 0.6 is 0 Å². The maximum absolute atomic E-state index is 12.3. The summed E-state index contributed by atoms with van der Waals surface area (Å²) in [6, 6.07) is 19.3. The normalized spacial score (nSPS) is 10.8. The molecule has 2 aromatic heterocycles. The molecule has 0 spiro atoms. The molecular formula is C23H22N4O. The number of nitrogens with one attached hydrogen (secondary N) is 2. The number of anilines is 2. The van der Waals surface area contributed by atoms with Gasteiger partial charge in [0.05, 0.1) is 5.69 Å². The minimum atomic E-state index is -0.253. The van der Waals surface area contributed by atoms with Crippen molar-refractivity contribution < 1.29 is 4.79 Å². The van der Waals surface area contributed by atoms with Crippen LogP contribution in [0.1, 0.15) is 18.1 Å². The van der Waals surface area contributed by atoms with Gasteiger partial charge < -0.3 is 15.0 Å². The number of aromatic nitrogens is 2. The van der Waals surface area contributed by atoms with Crippen LogP contribution in [0.15, 0.2) is 73.1 Å². The predicted octanol–water partition coefficient (Wildman–Crippen LogP) is 5.52. The van der Waals surface area contributed by atoms with Gasteiger partial charge in [-0.3, -0.25) is 0 Å². The largest absolute Gasteiger partial charge is 0.323 e. The first-order valence-corrected chi connectivity index (χ1v) is 9.34. The number of urea groups is 1. The molecule has 2 amide bonds. The number of para-hydroxylation sites is 1. The van der Waals surface area contributed by atoms with Crippen LogP contribution < -0.4 is 10.6 Å². The van der Waals surface area contributed by atoms with Crippen molar-refractivity contribution in [3.63, 3.8) is 0 Å². The molecule has 0 fully saturated rings. The van der Waals surface area contributed by atoms with E-state index in [0.717, 1.165) is 45.8 Å². The van der Waals surface area contributed by atoms with Crippen LogP contribution in [0.25, 0.3) is 16.9 Å². The summed E-state index contributed by atoms with van der Waals surface area (Å²) >= 11 is 0. The van der Waals surface area contributed by atoms with E-state index >= 15 is 0 Å². The van der Waals surface area contributed by atoms with E-state index in [0.29, 0.717) is 0 Å². The summed E-state index contributed by atoms with van der Waals surface area (Å²) in [5.41, 5.74) is 6.67. The Labute approximate surface area is 164 Å². The van der Waals surface area contributed by atoms with Gasteiger partial charge in [-0.15, -0.1) is 0 Å². The van der Waals surface area contributed by atoms with E-state index in [9.17, 15) is 4.79 Å². The van der Waals surface area contributed by atoms with Gasteiger partial charge in [-0.05, 0) is 48.7 Å². The molecule has 4 rings (SSSR count). The Hall–Kier alpha value is -3.60. The van der Waals surface area contributed by atoms with E-state index < -0.39 is 0 Å². The van der Waals surface area contributed by atoms with E-state index in [1.54, 1.807) is 0 Å². The average Bonchev–Trinajstić information content (AvgIpc) is 3.15. The number of imidazole rings is 1. The monoisotopic (exact) mass is 370 g/mol. The van der Waals surface area contributed by atoms with Crippen LogP contribution in [-0.4, -0.2) is 15.4 Å². The van der Waals surface area contributed by atoms with Crippen LogP contribution in [0.4, 0.5) is 16.2 Å². The van der Waals surface area contributed by atoms with Crippen molar-refractivity contribution in [3.05, 3.63) is 84.2 Å². The molecule has 140 valence electrons. The highest BCUT2D eigenvalue weighted by Crippen LogP contribution is 2.23. The fourth-order valence-corrected chi connectivity index (χ4v) is 3.25. The number of benzene rings is 2. The van der Waals surface area contributed by atoms with Crippen molar-refractivity contribution in [2.45, 2.75) is 20.3 Å². The number of hydrogen-bond acceptors (Lipinski definition) is 2. The van der Waals surface area contributed by atoms with Crippen molar-refractivity contribution in [2.24, 2.45) is 0 Å². The molecule has 2 aromatic carbocycles. The molecule has 0 aliphatic heterocycles. The van der Waals surface area contributed by atoms with Crippen molar-refractivity contribution in [1.82, 2.24) is 9.38 Å². The maximum Gasteiger partial charge on any atom is 0.323 e. The highest BCUT2D eigenvalue weighted by Gasteiger charge is 2.08. The van der Waals surface area contributed by atoms with Crippen molar-refractivity contribution in [1.29, 1.82) is 0 Å². The number of fused-ring (bicyclic) bond motifs is 1. The number of aryl methyl sites for hydroxylation is 2. The molecule has 0 atom stereocenters. The summed E-state index contributed by atoms with van der Waals surface area (Å²) in [6.45, 7) is 4.12. The van der Waals surface area contributed by atoms with Crippen LogP contribution in [0.3, 0.4) is 0 Å². The fraction of sp³-hybridized carbons (Fsp3) is 0.130. The number of rotatable bonds is 4. The molecule has 5 nitrogen and oxygen atoms in total. The third-order valence-corrected chi connectivity index (χ3v) is 4.76. The lowest BCUT2D eigenvalue weighted by Gasteiger charge is -2.11. The third-order valence-electron chi connectivity index (χ3n) is 4.76. The lowest BCUT2D eigenvalue weighted by molar-refractivity contribution is 0.262. The highest BCUT2D eigenvalue weighted by atomic mass is 16.2. The zero-order chi connectivity index (χ0) is 19.5. The summed E-state index contributed by atoms with van der Waals surface area (Å²) < 4.78 is 2.02. The first-order chi connectivity index (χ1) is 13.6. The van der Waals surface area contributed by atoms with E-state index in [4.69, 9.17) is 4.98 Å². The second kappa shape index (κ2) is 7.56. The zero-order valence-electron chi connectivity index (χ0n) is 15.9. The number of hydrogen-bond donors (Lipinski definition) is 2. The Bertz CT molecular complexity index is 1130. The van der Waals surface area contributed by atoms with Gasteiger partial charge >= 0.3 is 6.03 Å². The van der Waals surface area contributed by atoms with Gasteiger partial charge in [0.1, 0.15) is 5.65 Å². The minimum Gasteiger partial charge on any atom is -0.308 e. The smallest absolute Gasteiger partial charge is 0.308 e. The molecule has 0 bridgehead atoms. The van der Waals surface area contributed by atoms with Gasteiger partial charge in [-0.2, -0.15) is 0 Å². The molecule has 4 aromatic rings. The first kappa shape index (κ1) is 17.8. The van der Waals surface area contributed by atoms with E-state index in [2.05, 4.69) is 30.5 Å². The highest BCUT2D eigenvalue weighted by molar-refractivity contribution is 6.00. The molecule has 0 saturated carbocycles. The van der Waals surface area contributed by atoms with Crippen molar-refractivity contribution in [2.75, 3.05) is 10.6 Å². The van der Waals surface area contributed by atoms with Gasteiger partial charge in [0.25, 0.3) is 0 Å². The second-order valence-electron chi connectivity index (χ2n) is 6.72. The lowest BCUT2D eigenvalue weighted by Crippen LogP contribution is -2.20. The van der Waals surface area contributed by atoms with Crippen molar-refractivity contribution in [3.8, 4) is 11.3 Å². The summed E-state index contributed by atoms with van der Waals surface area (Å²) in [4.78, 5) is 17.0. The first-order valence-electron chi connectivity index (χ1n) is 9.34. The molecule has 0 aliphatic carbocycles. The molecular weight excluding hydrogens is 348 g/mol. The standard InChI is InChI=1S/C23H22N4O/c1-3-17-8-4-5-9-20(17)26-23(28)24-19-12-10-18(11-13-19)21-15-27-14-6-7-16(2)22(27)25-21/h4-15H,3H2,1-2H3,(H2,24,26,28). The Morgan fingerprint density at radius 2 is 1.79 bits per heavy atom. The molecule has 2 heterocycles. The van der Waals surface area contributed by atoms with Crippen molar-refractivity contribution >= 4 is 23.1 Å². The Kier molecular flexibility index (Phi) is 4.81. The van der Waals surface area contributed by atoms with E-state index in [-0.39, 0.29) is 6.03 Å². The molecule has 0 aliphatic rings. The quantitative estimate of drug-likeness (QED) is 0.497. The third kappa shape index (κ3) is 3.60. The number of amides is 2. The molecule has 28 heavy (non-hydrogen) atoms. The number of nitrogens with zero attached hydrogens (tertiary/aromatic N) is 2. The summed E-state index contributed by atoms with van der Waals surface area (Å²) in [5.74, 6) is 0. The topological polar surface area (TPSA) is 58.4 Å². The fourth-order valence-electron chi connectivity index (χ4n) is 3.25. The maximum atomic E-state index is 12.3. The minimum absolute atomic E-state index is 0.253. The SMILES string of the molecule is CCc1ccccc1NC(=O)Nc1ccc(-c2cn3cccc(C)c3n2)cc1. The van der Waals surface area contributed by atoms with Gasteiger partial charge in [0.2, 0.25) is 0 Å². The van der Waals surface area contributed by atoms with Crippen LogP contribution in [0, 0.1) is 6.92 Å². The number of carbonyl (C=O) groups excluding carboxylic acids is 1. The molecule has 0 radical (unpaired) electrons. The van der Waals surface area contributed by atoms with Gasteiger partial charge in [-0.1, -0.05) is 43.3 Å². The van der Waals surface area contributed by atoms with Gasteiger partial charge in [0.15, 0.2) is 0 Å². The summed E-state index contributed by atoms with van der Waals surface area (Å²) in [6.07, 6.45) is 4.87. The van der Waals surface area contributed by atoms with Gasteiger partial charge in [-0.25, -0.2) is 9.78 Å². The Balaban J connectivity index is 1.48. The van der Waals surface area contributed by atoms with Crippen LogP contribution in [-0.2, 0) is 6.42 Å². The average molecular weight is 370 g/mol. The van der Waals surface area contributed by atoms with Crippen LogP contribution in [0.2, 0.25) is 0 Å². The summed E-state index contributed by atoms with van der Waals surface area (Å²) in [5, 5.41) is 5.79. The number of carbonyl (C=O) groups is 1. The molecule has 0 unspecified atom stereocenters. The van der Waals surface area contributed by atoms with Crippen LogP contribution in [0.5, 0.6) is 0 Å². The molecule has 5 heteroatoms. The lowest BCUT2D eigenvalue weighted by atomic mass is 10.1. The molecule has 0 saturated heterocycles. The van der Waals surface area contributed by atoms with E-state index in [1.807, 2.05) is 71.4 Å². The predicted molar refractivity (Wildman–Crippen MR) is 114 cm³/mol. The van der Waals surface area contributed by atoms with Gasteiger partial charge in [0, 0.05) is 29.3 Å². The Morgan fingerprint density at radius 1 is 1.00 bits per heavy atom.